The third kappa shape index (κ3) is 3.99. The van der Waals surface area contributed by atoms with Crippen LogP contribution in [-0.4, -0.2) is 16.0 Å². The average Bonchev–Trinajstić information content (AvgIpc) is 2.04. The smallest absolute Gasteiger partial charge is 0.115 e. The lowest BCUT2D eigenvalue weighted by molar-refractivity contribution is 0.490. The molecule has 3 heteroatoms. The van der Waals surface area contributed by atoms with Gasteiger partial charge in [0.25, 0.3) is 0 Å². The highest BCUT2D eigenvalue weighted by molar-refractivity contribution is 4.99. The maximum atomic E-state index is 5.95. The van der Waals surface area contributed by atoms with Crippen molar-refractivity contribution in [2.75, 3.05) is 0 Å². The molecule has 0 radical (unpaired) electrons. The van der Waals surface area contributed by atoms with Crippen molar-refractivity contribution in [2.45, 2.75) is 32.7 Å². The van der Waals surface area contributed by atoms with Crippen molar-refractivity contribution in [1.29, 1.82) is 0 Å². The second-order valence-electron chi connectivity index (χ2n) is 3.79. The van der Waals surface area contributed by atoms with Crippen LogP contribution in [0, 0.1) is 5.92 Å². The first-order valence-electron chi connectivity index (χ1n) is 4.69. The van der Waals surface area contributed by atoms with E-state index in [2.05, 4.69) is 23.8 Å². The third-order valence-electron chi connectivity index (χ3n) is 1.89. The predicted octanol–water partition coefficient (Wildman–Crippen LogP) is 1.39. The van der Waals surface area contributed by atoms with Gasteiger partial charge in [0.05, 0.1) is 0 Å². The minimum atomic E-state index is 0.217. The fraction of sp³-hybridized carbons (Fsp3) is 0.600. The Balaban J connectivity index is 2.41. The van der Waals surface area contributed by atoms with Gasteiger partial charge in [0.2, 0.25) is 0 Å². The predicted molar refractivity (Wildman–Crippen MR) is 53.2 cm³/mol. The van der Waals surface area contributed by atoms with Gasteiger partial charge in [0.1, 0.15) is 6.33 Å². The lowest BCUT2D eigenvalue weighted by atomic mass is 10.0. The van der Waals surface area contributed by atoms with E-state index in [1.807, 2.05) is 6.07 Å². The minimum Gasteiger partial charge on any atom is -0.327 e. The quantitative estimate of drug-likeness (QED) is 0.760. The number of hydrogen-bond donors (Lipinski definition) is 1. The Bertz CT molecular complexity index is 233. The topological polar surface area (TPSA) is 51.8 Å². The van der Waals surface area contributed by atoms with E-state index in [-0.39, 0.29) is 6.04 Å². The summed E-state index contributed by atoms with van der Waals surface area (Å²) < 4.78 is 0. The van der Waals surface area contributed by atoms with E-state index >= 15 is 0 Å². The molecule has 2 N–H and O–H groups in total. The molecular formula is C10H17N3. The van der Waals surface area contributed by atoms with E-state index in [0.717, 1.165) is 18.5 Å². The van der Waals surface area contributed by atoms with Crippen LogP contribution in [0.4, 0.5) is 0 Å². The van der Waals surface area contributed by atoms with Crippen LogP contribution in [0.3, 0.4) is 0 Å². The molecule has 1 atom stereocenters. The van der Waals surface area contributed by atoms with E-state index < -0.39 is 0 Å². The lowest BCUT2D eigenvalue weighted by Crippen LogP contribution is -2.25. The van der Waals surface area contributed by atoms with Gasteiger partial charge in [-0.25, -0.2) is 9.97 Å². The summed E-state index contributed by atoms with van der Waals surface area (Å²) in [4.78, 5) is 8.00. The lowest BCUT2D eigenvalue weighted by Gasteiger charge is -2.12. The fourth-order valence-corrected chi connectivity index (χ4v) is 1.40. The summed E-state index contributed by atoms with van der Waals surface area (Å²) in [5.41, 5.74) is 6.98. The van der Waals surface area contributed by atoms with Crippen molar-refractivity contribution in [3.8, 4) is 0 Å². The molecule has 0 aromatic carbocycles. The van der Waals surface area contributed by atoms with Crippen molar-refractivity contribution in [2.24, 2.45) is 11.7 Å². The Morgan fingerprint density at radius 1 is 1.46 bits per heavy atom. The van der Waals surface area contributed by atoms with Gasteiger partial charge in [0, 0.05) is 24.4 Å². The van der Waals surface area contributed by atoms with Crippen LogP contribution < -0.4 is 5.73 Å². The standard InChI is InChI=1S/C10H17N3/c1-8(2)5-9(11)6-10-3-4-12-7-13-10/h3-4,7-9H,5-6,11H2,1-2H3. The Hall–Kier alpha value is -0.960. The average molecular weight is 179 g/mol. The van der Waals surface area contributed by atoms with Gasteiger partial charge in [-0.15, -0.1) is 0 Å². The minimum absolute atomic E-state index is 0.217. The third-order valence-corrected chi connectivity index (χ3v) is 1.89. The summed E-state index contributed by atoms with van der Waals surface area (Å²) in [6.07, 6.45) is 5.21. The first-order valence-corrected chi connectivity index (χ1v) is 4.69. The number of rotatable bonds is 4. The Kier molecular flexibility index (Phi) is 3.83. The van der Waals surface area contributed by atoms with E-state index in [1.165, 1.54) is 0 Å². The molecule has 0 saturated carbocycles. The zero-order valence-electron chi connectivity index (χ0n) is 8.27. The van der Waals surface area contributed by atoms with Crippen molar-refractivity contribution >= 4 is 0 Å². The molecule has 0 bridgehead atoms. The summed E-state index contributed by atoms with van der Waals surface area (Å²) in [6, 6.07) is 2.13. The number of aromatic nitrogens is 2. The van der Waals surface area contributed by atoms with Crippen LogP contribution >= 0.6 is 0 Å². The van der Waals surface area contributed by atoms with Crippen LogP contribution in [0.15, 0.2) is 18.6 Å². The molecular weight excluding hydrogens is 162 g/mol. The van der Waals surface area contributed by atoms with Crippen LogP contribution in [-0.2, 0) is 6.42 Å². The highest BCUT2D eigenvalue weighted by Gasteiger charge is 2.06. The molecule has 0 saturated heterocycles. The maximum absolute atomic E-state index is 5.95. The zero-order valence-corrected chi connectivity index (χ0v) is 8.27. The van der Waals surface area contributed by atoms with E-state index in [4.69, 9.17) is 5.73 Å². The molecule has 0 fully saturated rings. The zero-order chi connectivity index (χ0) is 9.68. The summed E-state index contributed by atoms with van der Waals surface area (Å²) in [5.74, 6) is 0.650. The second-order valence-corrected chi connectivity index (χ2v) is 3.79. The molecule has 72 valence electrons. The molecule has 0 aliphatic carbocycles. The van der Waals surface area contributed by atoms with Crippen molar-refractivity contribution in [3.63, 3.8) is 0 Å². The Labute approximate surface area is 79.4 Å². The van der Waals surface area contributed by atoms with Crippen LogP contribution in [0.5, 0.6) is 0 Å². The molecule has 1 aromatic heterocycles. The van der Waals surface area contributed by atoms with Crippen molar-refractivity contribution in [1.82, 2.24) is 9.97 Å². The van der Waals surface area contributed by atoms with Gasteiger partial charge >= 0.3 is 0 Å². The first-order chi connectivity index (χ1) is 6.18. The largest absolute Gasteiger partial charge is 0.327 e. The molecule has 1 rings (SSSR count). The molecule has 3 nitrogen and oxygen atoms in total. The first kappa shape index (κ1) is 10.1. The molecule has 1 aromatic rings. The SMILES string of the molecule is CC(C)CC(N)Cc1ccncn1. The number of hydrogen-bond acceptors (Lipinski definition) is 3. The van der Waals surface area contributed by atoms with Gasteiger partial charge in [-0.3, -0.25) is 0 Å². The molecule has 13 heavy (non-hydrogen) atoms. The molecule has 1 heterocycles. The van der Waals surface area contributed by atoms with Crippen molar-refractivity contribution < 1.29 is 0 Å². The Morgan fingerprint density at radius 2 is 2.23 bits per heavy atom. The monoisotopic (exact) mass is 179 g/mol. The fourth-order valence-electron chi connectivity index (χ4n) is 1.40. The van der Waals surface area contributed by atoms with Crippen molar-refractivity contribution in [3.05, 3.63) is 24.3 Å². The molecule has 0 aliphatic heterocycles. The highest BCUT2D eigenvalue weighted by Crippen LogP contribution is 2.06. The van der Waals surface area contributed by atoms with Gasteiger partial charge < -0.3 is 5.73 Å². The summed E-state index contributed by atoms with van der Waals surface area (Å²) in [6.45, 7) is 4.36. The van der Waals surface area contributed by atoms with E-state index in [9.17, 15) is 0 Å². The van der Waals surface area contributed by atoms with Gasteiger partial charge in [0.15, 0.2) is 0 Å². The van der Waals surface area contributed by atoms with E-state index in [0.29, 0.717) is 5.92 Å². The van der Waals surface area contributed by atoms with Crippen LogP contribution in [0.2, 0.25) is 0 Å². The molecule has 0 spiro atoms. The number of nitrogens with two attached hydrogens (primary N) is 1. The van der Waals surface area contributed by atoms with E-state index in [1.54, 1.807) is 12.5 Å². The van der Waals surface area contributed by atoms with Crippen LogP contribution in [0.1, 0.15) is 26.0 Å². The summed E-state index contributed by atoms with van der Waals surface area (Å²) in [7, 11) is 0. The summed E-state index contributed by atoms with van der Waals surface area (Å²) >= 11 is 0. The molecule has 1 unspecified atom stereocenters. The molecule has 0 amide bonds. The van der Waals surface area contributed by atoms with Gasteiger partial charge in [-0.1, -0.05) is 13.8 Å². The molecule has 0 aliphatic rings. The van der Waals surface area contributed by atoms with Gasteiger partial charge in [-0.2, -0.15) is 0 Å². The second kappa shape index (κ2) is 4.92. The highest BCUT2D eigenvalue weighted by atomic mass is 14.8. The summed E-state index contributed by atoms with van der Waals surface area (Å²) in [5, 5.41) is 0. The number of nitrogens with zero attached hydrogens (tertiary/aromatic N) is 2. The van der Waals surface area contributed by atoms with Crippen LogP contribution in [0.25, 0.3) is 0 Å². The Morgan fingerprint density at radius 3 is 2.77 bits per heavy atom. The van der Waals surface area contributed by atoms with Gasteiger partial charge in [-0.05, 0) is 18.4 Å². The maximum Gasteiger partial charge on any atom is 0.115 e. The normalized spacial score (nSPS) is 13.2.